The third kappa shape index (κ3) is 4.82. The molecule has 0 N–H and O–H groups in total. The van der Waals surface area contributed by atoms with Crippen LogP contribution in [0.25, 0.3) is 0 Å². The Morgan fingerprint density at radius 2 is 1.96 bits per heavy atom. The lowest BCUT2D eigenvalue weighted by molar-refractivity contribution is -0.134. The third-order valence-corrected chi connectivity index (χ3v) is 5.37. The van der Waals surface area contributed by atoms with Crippen molar-refractivity contribution < 1.29 is 14.3 Å². The summed E-state index contributed by atoms with van der Waals surface area (Å²) in [6.07, 6.45) is 3.55. The molecule has 1 aromatic rings. The van der Waals surface area contributed by atoms with Gasteiger partial charge in [-0.3, -0.25) is 9.59 Å². The average molecular weight is 344 g/mol. The molecule has 0 bridgehead atoms. The first-order valence-electron chi connectivity index (χ1n) is 9.28. The van der Waals surface area contributed by atoms with Crippen molar-refractivity contribution in [3.05, 3.63) is 35.9 Å². The van der Waals surface area contributed by atoms with Gasteiger partial charge in [0.2, 0.25) is 11.8 Å². The van der Waals surface area contributed by atoms with E-state index in [1.54, 1.807) is 0 Å². The molecule has 136 valence electrons. The lowest BCUT2D eigenvalue weighted by atomic mass is 9.96. The minimum atomic E-state index is -0.198. The Morgan fingerprint density at radius 3 is 2.68 bits per heavy atom. The molecule has 2 aliphatic heterocycles. The van der Waals surface area contributed by atoms with E-state index < -0.39 is 0 Å². The minimum absolute atomic E-state index is 0.0834. The second-order valence-electron chi connectivity index (χ2n) is 7.27. The molecule has 0 saturated carbocycles. The van der Waals surface area contributed by atoms with Crippen molar-refractivity contribution in [1.29, 1.82) is 0 Å². The number of hydrogen-bond donors (Lipinski definition) is 0. The molecule has 1 atom stereocenters. The highest BCUT2D eigenvalue weighted by molar-refractivity contribution is 5.89. The first-order chi connectivity index (χ1) is 12.1. The SMILES string of the molecule is CN(CCC1CCOCC1)C(=O)C1CC(=O)N(Cc2ccccc2)C1. The van der Waals surface area contributed by atoms with Gasteiger partial charge >= 0.3 is 0 Å². The molecule has 2 aliphatic rings. The van der Waals surface area contributed by atoms with E-state index in [2.05, 4.69) is 0 Å². The van der Waals surface area contributed by atoms with Gasteiger partial charge in [-0.2, -0.15) is 0 Å². The number of benzene rings is 1. The lowest BCUT2D eigenvalue weighted by Gasteiger charge is -2.26. The van der Waals surface area contributed by atoms with E-state index in [-0.39, 0.29) is 17.7 Å². The summed E-state index contributed by atoms with van der Waals surface area (Å²) < 4.78 is 5.38. The molecular weight excluding hydrogens is 316 g/mol. The van der Waals surface area contributed by atoms with E-state index in [1.807, 2.05) is 47.2 Å². The molecule has 3 rings (SSSR count). The van der Waals surface area contributed by atoms with Gasteiger partial charge in [-0.05, 0) is 30.7 Å². The smallest absolute Gasteiger partial charge is 0.227 e. The summed E-state index contributed by atoms with van der Waals surface area (Å²) in [5, 5.41) is 0. The third-order valence-electron chi connectivity index (χ3n) is 5.37. The van der Waals surface area contributed by atoms with Crippen LogP contribution in [-0.4, -0.2) is 55.0 Å². The van der Waals surface area contributed by atoms with Gasteiger partial charge in [0.25, 0.3) is 0 Å². The Morgan fingerprint density at radius 1 is 1.24 bits per heavy atom. The normalized spacial score (nSPS) is 21.6. The van der Waals surface area contributed by atoms with Crippen LogP contribution in [0.5, 0.6) is 0 Å². The van der Waals surface area contributed by atoms with Crippen LogP contribution in [0.15, 0.2) is 30.3 Å². The number of carbonyl (C=O) groups excluding carboxylic acids is 2. The van der Waals surface area contributed by atoms with E-state index in [0.29, 0.717) is 25.4 Å². The lowest BCUT2D eigenvalue weighted by Crippen LogP contribution is -2.36. The monoisotopic (exact) mass is 344 g/mol. The Balaban J connectivity index is 1.47. The Hall–Kier alpha value is -1.88. The van der Waals surface area contributed by atoms with Crippen LogP contribution >= 0.6 is 0 Å². The standard InChI is InChI=1S/C20H28N2O3/c1-21(10-7-16-8-11-25-12-9-16)20(24)18-13-19(23)22(15-18)14-17-5-3-2-4-6-17/h2-6,16,18H,7-15H2,1H3. The zero-order valence-corrected chi connectivity index (χ0v) is 15.0. The Bertz CT molecular complexity index is 584. The topological polar surface area (TPSA) is 49.9 Å². The summed E-state index contributed by atoms with van der Waals surface area (Å²) in [6.45, 7) is 3.58. The van der Waals surface area contributed by atoms with Crippen molar-refractivity contribution in [2.75, 3.05) is 33.4 Å². The highest BCUT2D eigenvalue weighted by Crippen LogP contribution is 2.23. The van der Waals surface area contributed by atoms with Gasteiger partial charge in [-0.25, -0.2) is 0 Å². The number of carbonyl (C=O) groups is 2. The second kappa shape index (κ2) is 8.48. The van der Waals surface area contributed by atoms with Gasteiger partial charge in [0.15, 0.2) is 0 Å². The summed E-state index contributed by atoms with van der Waals surface area (Å²) >= 11 is 0. The molecule has 2 heterocycles. The number of amides is 2. The van der Waals surface area contributed by atoms with E-state index >= 15 is 0 Å². The van der Waals surface area contributed by atoms with Crippen molar-refractivity contribution in [1.82, 2.24) is 9.80 Å². The van der Waals surface area contributed by atoms with Gasteiger partial charge in [-0.15, -0.1) is 0 Å². The molecule has 1 aromatic carbocycles. The summed E-state index contributed by atoms with van der Waals surface area (Å²) in [6, 6.07) is 9.95. The first kappa shape index (κ1) is 17.9. The van der Waals surface area contributed by atoms with E-state index in [0.717, 1.165) is 44.6 Å². The molecule has 25 heavy (non-hydrogen) atoms. The van der Waals surface area contributed by atoms with E-state index in [1.165, 1.54) is 0 Å². The molecule has 5 heteroatoms. The van der Waals surface area contributed by atoms with Crippen molar-refractivity contribution in [3.8, 4) is 0 Å². The number of rotatable bonds is 6. The molecule has 2 saturated heterocycles. The van der Waals surface area contributed by atoms with Crippen LogP contribution in [0.3, 0.4) is 0 Å². The summed E-state index contributed by atoms with van der Waals surface area (Å²) in [5.41, 5.74) is 1.11. The average Bonchev–Trinajstić information content (AvgIpc) is 3.01. The fourth-order valence-electron chi connectivity index (χ4n) is 3.73. The van der Waals surface area contributed by atoms with Gasteiger partial charge < -0.3 is 14.5 Å². The molecule has 2 amide bonds. The maximum Gasteiger partial charge on any atom is 0.227 e. The molecule has 5 nitrogen and oxygen atoms in total. The van der Waals surface area contributed by atoms with Gasteiger partial charge in [0, 0.05) is 46.3 Å². The second-order valence-corrected chi connectivity index (χ2v) is 7.27. The van der Waals surface area contributed by atoms with Crippen molar-refractivity contribution >= 4 is 11.8 Å². The summed E-state index contributed by atoms with van der Waals surface area (Å²) in [5.74, 6) is 0.649. The Kier molecular flexibility index (Phi) is 6.08. The predicted molar refractivity (Wildman–Crippen MR) is 95.8 cm³/mol. The van der Waals surface area contributed by atoms with Crippen molar-refractivity contribution in [2.24, 2.45) is 11.8 Å². The number of likely N-dealkylation sites (tertiary alicyclic amines) is 1. The minimum Gasteiger partial charge on any atom is -0.381 e. The molecule has 1 unspecified atom stereocenters. The largest absolute Gasteiger partial charge is 0.381 e. The Labute approximate surface area is 149 Å². The van der Waals surface area contributed by atoms with Crippen LogP contribution in [-0.2, 0) is 20.9 Å². The van der Waals surface area contributed by atoms with Gasteiger partial charge in [0.1, 0.15) is 0 Å². The van der Waals surface area contributed by atoms with Crippen molar-refractivity contribution in [3.63, 3.8) is 0 Å². The van der Waals surface area contributed by atoms with Crippen LogP contribution < -0.4 is 0 Å². The van der Waals surface area contributed by atoms with E-state index in [4.69, 9.17) is 4.74 Å². The summed E-state index contributed by atoms with van der Waals surface area (Å²) in [7, 11) is 1.87. The van der Waals surface area contributed by atoms with Gasteiger partial charge in [0.05, 0.1) is 5.92 Å². The van der Waals surface area contributed by atoms with E-state index in [9.17, 15) is 9.59 Å². The predicted octanol–water partition coefficient (Wildman–Crippen LogP) is 2.31. The zero-order valence-electron chi connectivity index (χ0n) is 15.0. The first-order valence-corrected chi connectivity index (χ1v) is 9.28. The van der Waals surface area contributed by atoms with Crippen LogP contribution in [0.1, 0.15) is 31.2 Å². The maximum absolute atomic E-state index is 12.7. The number of nitrogens with zero attached hydrogens (tertiary/aromatic N) is 2. The molecule has 0 radical (unpaired) electrons. The molecule has 0 aromatic heterocycles. The quantitative estimate of drug-likeness (QED) is 0.796. The number of ether oxygens (including phenoxy) is 1. The van der Waals surface area contributed by atoms with Gasteiger partial charge in [-0.1, -0.05) is 30.3 Å². The number of hydrogen-bond acceptors (Lipinski definition) is 3. The van der Waals surface area contributed by atoms with Crippen molar-refractivity contribution in [2.45, 2.75) is 32.2 Å². The highest BCUT2D eigenvalue weighted by atomic mass is 16.5. The van der Waals surface area contributed by atoms with Crippen LogP contribution in [0.2, 0.25) is 0 Å². The molecule has 0 spiro atoms. The molecule has 2 fully saturated rings. The zero-order chi connectivity index (χ0) is 17.6. The molecular formula is C20H28N2O3. The van der Waals surface area contributed by atoms with Crippen LogP contribution in [0, 0.1) is 11.8 Å². The maximum atomic E-state index is 12.7. The summed E-state index contributed by atoms with van der Waals surface area (Å²) in [4.78, 5) is 28.6. The fourth-order valence-corrected chi connectivity index (χ4v) is 3.73. The highest BCUT2D eigenvalue weighted by Gasteiger charge is 2.35. The fraction of sp³-hybridized carbons (Fsp3) is 0.600. The molecule has 0 aliphatic carbocycles. The van der Waals surface area contributed by atoms with Crippen LogP contribution in [0.4, 0.5) is 0 Å².